The molecule has 1 aromatic heterocycles. The van der Waals surface area contributed by atoms with Crippen molar-refractivity contribution in [3.63, 3.8) is 0 Å². The van der Waals surface area contributed by atoms with E-state index >= 15 is 0 Å². The lowest BCUT2D eigenvalue weighted by molar-refractivity contribution is 0.0690. The Morgan fingerprint density at radius 1 is 1.55 bits per heavy atom. The first kappa shape index (κ1) is 14.7. The summed E-state index contributed by atoms with van der Waals surface area (Å²) in [7, 11) is 0. The summed E-state index contributed by atoms with van der Waals surface area (Å²) in [5.74, 6) is -1.06. The maximum atomic E-state index is 10.7. The van der Waals surface area contributed by atoms with Crippen LogP contribution in [-0.2, 0) is 6.54 Å². The Labute approximate surface area is 124 Å². The van der Waals surface area contributed by atoms with Gasteiger partial charge in [-0.3, -0.25) is 4.68 Å². The van der Waals surface area contributed by atoms with E-state index in [1.807, 2.05) is 12.1 Å². The Morgan fingerprint density at radius 3 is 3.00 bits per heavy atom. The molecule has 0 saturated heterocycles. The van der Waals surface area contributed by atoms with Crippen LogP contribution in [0, 0.1) is 0 Å². The zero-order valence-electron chi connectivity index (χ0n) is 11.0. The predicted octanol–water partition coefficient (Wildman–Crippen LogP) is 2.09. The van der Waals surface area contributed by atoms with Crippen LogP contribution in [0.1, 0.15) is 29.0 Å². The van der Waals surface area contributed by atoms with E-state index in [1.54, 1.807) is 0 Å². The molecule has 0 aliphatic rings. The van der Waals surface area contributed by atoms with Crippen molar-refractivity contribution < 1.29 is 9.90 Å². The summed E-state index contributed by atoms with van der Waals surface area (Å²) in [6.07, 6.45) is 1.42. The monoisotopic (exact) mass is 338 g/mol. The fourth-order valence-electron chi connectivity index (χ4n) is 1.80. The SMILES string of the molecule is CC(NCCn1cc(C(=O)O)nn1)c1cccc(Br)c1. The maximum absolute atomic E-state index is 10.7. The van der Waals surface area contributed by atoms with Gasteiger partial charge in [0.1, 0.15) is 0 Å². The topological polar surface area (TPSA) is 80.0 Å². The van der Waals surface area contributed by atoms with Crippen LogP contribution in [0.5, 0.6) is 0 Å². The van der Waals surface area contributed by atoms with E-state index in [1.165, 1.54) is 16.4 Å². The highest BCUT2D eigenvalue weighted by Crippen LogP contribution is 2.17. The third-order valence-corrected chi connectivity index (χ3v) is 3.39. The average molecular weight is 339 g/mol. The number of nitrogens with zero attached hydrogens (tertiary/aromatic N) is 3. The number of rotatable bonds is 6. The van der Waals surface area contributed by atoms with Crippen molar-refractivity contribution in [1.29, 1.82) is 0 Å². The molecule has 106 valence electrons. The van der Waals surface area contributed by atoms with E-state index in [-0.39, 0.29) is 11.7 Å². The van der Waals surface area contributed by atoms with Gasteiger partial charge in [0.15, 0.2) is 5.69 Å². The van der Waals surface area contributed by atoms with Crippen molar-refractivity contribution in [2.45, 2.75) is 19.5 Å². The van der Waals surface area contributed by atoms with E-state index in [0.29, 0.717) is 13.1 Å². The van der Waals surface area contributed by atoms with Crippen molar-refractivity contribution in [3.8, 4) is 0 Å². The second kappa shape index (κ2) is 6.62. The number of aromatic nitrogens is 3. The maximum Gasteiger partial charge on any atom is 0.358 e. The first-order chi connectivity index (χ1) is 9.56. The van der Waals surface area contributed by atoms with Gasteiger partial charge < -0.3 is 10.4 Å². The number of nitrogens with one attached hydrogen (secondary N) is 1. The van der Waals surface area contributed by atoms with Gasteiger partial charge in [-0.25, -0.2) is 4.79 Å². The van der Waals surface area contributed by atoms with Crippen molar-refractivity contribution >= 4 is 21.9 Å². The van der Waals surface area contributed by atoms with Gasteiger partial charge in [0.2, 0.25) is 0 Å². The zero-order valence-corrected chi connectivity index (χ0v) is 12.5. The molecule has 0 aliphatic carbocycles. The van der Waals surface area contributed by atoms with Crippen LogP contribution in [0.3, 0.4) is 0 Å². The first-order valence-electron chi connectivity index (χ1n) is 6.18. The van der Waals surface area contributed by atoms with Crippen LogP contribution < -0.4 is 5.32 Å². The van der Waals surface area contributed by atoms with Gasteiger partial charge in [-0.05, 0) is 24.6 Å². The summed E-state index contributed by atoms with van der Waals surface area (Å²) >= 11 is 3.45. The third kappa shape index (κ3) is 3.88. The number of benzene rings is 1. The molecule has 0 saturated carbocycles. The highest BCUT2D eigenvalue weighted by molar-refractivity contribution is 9.10. The quantitative estimate of drug-likeness (QED) is 0.842. The summed E-state index contributed by atoms with van der Waals surface area (Å²) in [6.45, 7) is 3.32. The number of hydrogen-bond donors (Lipinski definition) is 2. The second-order valence-corrected chi connectivity index (χ2v) is 5.32. The molecule has 20 heavy (non-hydrogen) atoms. The van der Waals surface area contributed by atoms with E-state index in [0.717, 1.165) is 4.47 Å². The second-order valence-electron chi connectivity index (χ2n) is 4.40. The molecule has 0 aliphatic heterocycles. The lowest BCUT2D eigenvalue weighted by atomic mass is 10.1. The molecule has 0 bridgehead atoms. The molecule has 1 atom stereocenters. The summed E-state index contributed by atoms with van der Waals surface area (Å²) in [6, 6.07) is 8.30. The molecular weight excluding hydrogens is 324 g/mol. The van der Waals surface area contributed by atoms with Crippen LogP contribution in [0.25, 0.3) is 0 Å². The largest absolute Gasteiger partial charge is 0.476 e. The number of carbonyl (C=O) groups is 1. The van der Waals surface area contributed by atoms with E-state index in [4.69, 9.17) is 5.11 Å². The van der Waals surface area contributed by atoms with Gasteiger partial charge in [0, 0.05) is 17.1 Å². The Balaban J connectivity index is 1.84. The smallest absolute Gasteiger partial charge is 0.358 e. The minimum absolute atomic E-state index is 0.0370. The fraction of sp³-hybridized carbons (Fsp3) is 0.308. The molecule has 1 unspecified atom stereocenters. The van der Waals surface area contributed by atoms with Gasteiger partial charge in [-0.1, -0.05) is 33.3 Å². The van der Waals surface area contributed by atoms with Crippen molar-refractivity contribution in [2.24, 2.45) is 0 Å². The van der Waals surface area contributed by atoms with Crippen molar-refractivity contribution in [2.75, 3.05) is 6.54 Å². The number of hydrogen-bond acceptors (Lipinski definition) is 4. The summed E-state index contributed by atoms with van der Waals surface area (Å²) < 4.78 is 2.57. The highest BCUT2D eigenvalue weighted by atomic mass is 79.9. The van der Waals surface area contributed by atoms with Gasteiger partial charge in [0.25, 0.3) is 0 Å². The molecule has 2 N–H and O–H groups in total. The standard InChI is InChI=1S/C13H15BrN4O2/c1-9(10-3-2-4-11(14)7-10)15-5-6-18-8-12(13(19)20)16-17-18/h2-4,7-9,15H,5-6H2,1H3,(H,19,20). The summed E-state index contributed by atoms with van der Waals surface area (Å²) in [5, 5.41) is 19.4. The Hall–Kier alpha value is -1.73. The molecule has 0 fully saturated rings. The van der Waals surface area contributed by atoms with E-state index in [2.05, 4.69) is 50.6 Å². The third-order valence-electron chi connectivity index (χ3n) is 2.90. The molecule has 6 nitrogen and oxygen atoms in total. The number of halogens is 1. The molecule has 2 rings (SSSR count). The molecule has 1 heterocycles. The minimum atomic E-state index is -1.06. The van der Waals surface area contributed by atoms with Crippen molar-refractivity contribution in [1.82, 2.24) is 20.3 Å². The van der Waals surface area contributed by atoms with Crippen LogP contribution in [-0.4, -0.2) is 32.6 Å². The predicted molar refractivity (Wildman–Crippen MR) is 77.5 cm³/mol. The van der Waals surface area contributed by atoms with Crippen LogP contribution in [0.2, 0.25) is 0 Å². The van der Waals surface area contributed by atoms with Gasteiger partial charge in [-0.2, -0.15) is 0 Å². The summed E-state index contributed by atoms with van der Waals surface area (Å²) in [5.41, 5.74) is 1.15. The Kier molecular flexibility index (Phi) is 4.86. The van der Waals surface area contributed by atoms with E-state index in [9.17, 15) is 4.79 Å². The molecular formula is C13H15BrN4O2. The van der Waals surface area contributed by atoms with Gasteiger partial charge in [-0.15, -0.1) is 5.10 Å². The van der Waals surface area contributed by atoms with Gasteiger partial charge in [0.05, 0.1) is 12.7 Å². The van der Waals surface area contributed by atoms with Crippen LogP contribution in [0.4, 0.5) is 0 Å². The number of carboxylic acids is 1. The molecule has 1 aromatic carbocycles. The highest BCUT2D eigenvalue weighted by Gasteiger charge is 2.08. The lowest BCUT2D eigenvalue weighted by Gasteiger charge is -2.14. The molecule has 0 radical (unpaired) electrons. The normalized spacial score (nSPS) is 12.3. The summed E-state index contributed by atoms with van der Waals surface area (Å²) in [4.78, 5) is 10.7. The van der Waals surface area contributed by atoms with Gasteiger partial charge >= 0.3 is 5.97 Å². The fourth-order valence-corrected chi connectivity index (χ4v) is 2.21. The van der Waals surface area contributed by atoms with Crippen LogP contribution >= 0.6 is 15.9 Å². The Morgan fingerprint density at radius 2 is 2.35 bits per heavy atom. The minimum Gasteiger partial charge on any atom is -0.476 e. The average Bonchev–Trinajstić information content (AvgIpc) is 2.87. The molecule has 2 aromatic rings. The van der Waals surface area contributed by atoms with Crippen molar-refractivity contribution in [3.05, 3.63) is 46.2 Å². The molecule has 7 heteroatoms. The van der Waals surface area contributed by atoms with E-state index < -0.39 is 5.97 Å². The Bertz CT molecular complexity index is 600. The number of carboxylic acid groups (broad SMARTS) is 1. The molecule has 0 spiro atoms. The zero-order chi connectivity index (χ0) is 14.5. The van der Waals surface area contributed by atoms with Crippen LogP contribution in [0.15, 0.2) is 34.9 Å². The lowest BCUT2D eigenvalue weighted by Crippen LogP contribution is -2.23. The first-order valence-corrected chi connectivity index (χ1v) is 6.98. The molecule has 0 amide bonds. The number of aromatic carboxylic acids is 1.